The molecule has 1 aromatic rings. The number of nitrogens with two attached hydrogens (primary N) is 2. The second-order valence-corrected chi connectivity index (χ2v) is 3.65. The molecule has 0 radical (unpaired) electrons. The molecule has 90 valence electrons. The summed E-state index contributed by atoms with van der Waals surface area (Å²) in [5.74, 6) is -2.13. The highest BCUT2D eigenvalue weighted by atomic mass is 16.4. The Kier molecular flexibility index (Phi) is 3.59. The maximum atomic E-state index is 11.8. The van der Waals surface area contributed by atoms with Crippen molar-refractivity contribution in [2.75, 3.05) is 5.73 Å². The fourth-order valence-corrected chi connectivity index (χ4v) is 1.28. The van der Waals surface area contributed by atoms with Gasteiger partial charge in [-0.2, -0.15) is 0 Å². The van der Waals surface area contributed by atoms with Crippen LogP contribution in [0.2, 0.25) is 0 Å². The monoisotopic (exact) mass is 236 g/mol. The summed E-state index contributed by atoms with van der Waals surface area (Å²) in [7, 11) is 0. The molecule has 0 heterocycles. The number of aliphatic carboxylic acids is 1. The molecule has 6 heteroatoms. The lowest BCUT2D eigenvalue weighted by atomic mass is 9.92. The van der Waals surface area contributed by atoms with Crippen LogP contribution in [0.25, 0.3) is 0 Å². The molecule has 0 saturated carbocycles. The van der Waals surface area contributed by atoms with Crippen LogP contribution >= 0.6 is 0 Å². The number of Topliss-reactive ketones (excluding diaryl/α,β-unsaturated/α-hetero) is 1. The Morgan fingerprint density at radius 3 is 2.41 bits per heavy atom. The fourth-order valence-electron chi connectivity index (χ4n) is 1.28. The van der Waals surface area contributed by atoms with Crippen molar-refractivity contribution in [2.45, 2.75) is 12.0 Å². The number of nitrogen functional groups attached to an aromatic ring is 1. The van der Waals surface area contributed by atoms with Crippen molar-refractivity contribution in [1.29, 1.82) is 0 Å². The van der Waals surface area contributed by atoms with Gasteiger partial charge in [-0.05, 0) is 12.1 Å². The molecule has 0 bridgehead atoms. The van der Waals surface area contributed by atoms with Gasteiger partial charge in [0.15, 0.2) is 17.6 Å². The Labute approximate surface area is 97.2 Å². The number of rotatable bonds is 5. The van der Waals surface area contributed by atoms with Gasteiger partial charge in [0, 0.05) is 17.7 Å². The molecule has 0 saturated heterocycles. The summed E-state index contributed by atoms with van der Waals surface area (Å²) in [4.78, 5) is 33.2. The van der Waals surface area contributed by atoms with Gasteiger partial charge in [-0.15, -0.1) is 0 Å². The maximum absolute atomic E-state index is 11.8. The first-order chi connectivity index (χ1) is 7.90. The van der Waals surface area contributed by atoms with E-state index < -0.39 is 23.7 Å². The highest BCUT2D eigenvalue weighted by Crippen LogP contribution is 2.16. The predicted octanol–water partition coefficient (Wildman–Crippen LogP) is -0.177. The van der Waals surface area contributed by atoms with E-state index in [1.807, 2.05) is 0 Å². The van der Waals surface area contributed by atoms with Gasteiger partial charge in [-0.25, -0.2) is 4.79 Å². The number of carbonyl (C=O) groups is 3. The van der Waals surface area contributed by atoms with Crippen LogP contribution in [0.15, 0.2) is 24.3 Å². The molecular weight excluding hydrogens is 224 g/mol. The molecule has 0 aromatic heterocycles. The molecule has 17 heavy (non-hydrogen) atoms. The van der Waals surface area contributed by atoms with Crippen LogP contribution in [-0.2, 0) is 9.59 Å². The summed E-state index contributed by atoms with van der Waals surface area (Å²) in [6, 6.07) is 6.18. The highest BCUT2D eigenvalue weighted by molar-refractivity contribution is 6.08. The Morgan fingerprint density at radius 1 is 1.35 bits per heavy atom. The lowest BCUT2D eigenvalue weighted by Crippen LogP contribution is -2.51. The van der Waals surface area contributed by atoms with Crippen molar-refractivity contribution in [3.05, 3.63) is 29.8 Å². The molecule has 1 atom stereocenters. The van der Waals surface area contributed by atoms with Gasteiger partial charge in [-0.3, -0.25) is 4.79 Å². The van der Waals surface area contributed by atoms with Crippen LogP contribution < -0.4 is 11.5 Å². The van der Waals surface area contributed by atoms with Crippen molar-refractivity contribution in [1.82, 2.24) is 0 Å². The summed E-state index contributed by atoms with van der Waals surface area (Å²) in [5.41, 5.74) is 9.03. The molecule has 0 aliphatic heterocycles. The number of hydrogen-bond donors (Lipinski definition) is 3. The third-order valence-electron chi connectivity index (χ3n) is 2.32. The van der Waals surface area contributed by atoms with E-state index in [2.05, 4.69) is 0 Å². The van der Waals surface area contributed by atoms with Crippen LogP contribution in [0.5, 0.6) is 0 Å². The van der Waals surface area contributed by atoms with E-state index in [1.165, 1.54) is 12.1 Å². The molecule has 0 aliphatic carbocycles. The highest BCUT2D eigenvalue weighted by Gasteiger charge is 2.36. The molecule has 0 spiro atoms. The third-order valence-corrected chi connectivity index (χ3v) is 2.32. The number of carboxylic acid groups (broad SMARTS) is 1. The standard InChI is InChI=1S/C11H12N2O4/c12-8-4-2-1-3-7(8)9(15)5-11(13,6-14)10(16)17/h1-4,6H,5,12-13H2,(H,16,17). The van der Waals surface area contributed by atoms with E-state index in [9.17, 15) is 14.4 Å². The quantitative estimate of drug-likeness (QED) is 0.282. The number of anilines is 1. The minimum absolute atomic E-state index is 0.0480. The van der Waals surface area contributed by atoms with E-state index in [0.29, 0.717) is 0 Å². The molecule has 1 unspecified atom stereocenters. The molecule has 0 aliphatic rings. The van der Waals surface area contributed by atoms with Crippen molar-refractivity contribution in [2.24, 2.45) is 5.73 Å². The number of para-hydroxylation sites is 1. The second-order valence-electron chi connectivity index (χ2n) is 3.65. The van der Waals surface area contributed by atoms with E-state index >= 15 is 0 Å². The molecule has 1 rings (SSSR count). The van der Waals surface area contributed by atoms with Gasteiger partial charge in [0.05, 0.1) is 0 Å². The summed E-state index contributed by atoms with van der Waals surface area (Å²) in [5, 5.41) is 8.76. The maximum Gasteiger partial charge on any atom is 0.331 e. The van der Waals surface area contributed by atoms with Crippen molar-refractivity contribution >= 4 is 23.7 Å². The first kappa shape index (κ1) is 12.9. The van der Waals surface area contributed by atoms with E-state index in [4.69, 9.17) is 16.6 Å². The average Bonchev–Trinajstić information content (AvgIpc) is 2.29. The summed E-state index contributed by atoms with van der Waals surface area (Å²) < 4.78 is 0. The predicted molar refractivity (Wildman–Crippen MR) is 60.4 cm³/mol. The summed E-state index contributed by atoms with van der Waals surface area (Å²) in [6.07, 6.45) is -0.577. The smallest absolute Gasteiger partial charge is 0.331 e. The zero-order valence-electron chi connectivity index (χ0n) is 8.92. The zero-order valence-corrected chi connectivity index (χ0v) is 8.92. The van der Waals surface area contributed by atoms with E-state index in [0.717, 1.165) is 0 Å². The number of aldehydes is 1. The van der Waals surface area contributed by atoms with Gasteiger partial charge < -0.3 is 21.4 Å². The Bertz CT molecular complexity index is 472. The molecule has 1 aromatic carbocycles. The zero-order chi connectivity index (χ0) is 13.1. The second kappa shape index (κ2) is 4.75. The van der Waals surface area contributed by atoms with E-state index in [-0.39, 0.29) is 17.5 Å². The van der Waals surface area contributed by atoms with Crippen LogP contribution in [0, 0.1) is 0 Å². The van der Waals surface area contributed by atoms with Gasteiger partial charge in [-0.1, -0.05) is 12.1 Å². The van der Waals surface area contributed by atoms with E-state index in [1.54, 1.807) is 12.1 Å². The molecule has 6 nitrogen and oxygen atoms in total. The van der Waals surface area contributed by atoms with Gasteiger partial charge in [0.1, 0.15) is 0 Å². The van der Waals surface area contributed by atoms with Crippen LogP contribution in [0.4, 0.5) is 5.69 Å². The van der Waals surface area contributed by atoms with Gasteiger partial charge in [0.25, 0.3) is 0 Å². The summed E-state index contributed by atoms with van der Waals surface area (Å²) >= 11 is 0. The minimum Gasteiger partial charge on any atom is -0.480 e. The van der Waals surface area contributed by atoms with Crippen LogP contribution in [-0.4, -0.2) is 28.7 Å². The van der Waals surface area contributed by atoms with Crippen LogP contribution in [0.1, 0.15) is 16.8 Å². The first-order valence-corrected chi connectivity index (χ1v) is 4.77. The Hall–Kier alpha value is -2.21. The Balaban J connectivity index is 2.97. The lowest BCUT2D eigenvalue weighted by Gasteiger charge is -2.16. The number of ketones is 1. The van der Waals surface area contributed by atoms with Crippen molar-refractivity contribution < 1.29 is 19.5 Å². The third kappa shape index (κ3) is 2.67. The van der Waals surface area contributed by atoms with Gasteiger partial charge in [0.2, 0.25) is 0 Å². The van der Waals surface area contributed by atoms with Crippen LogP contribution in [0.3, 0.4) is 0 Å². The van der Waals surface area contributed by atoms with Gasteiger partial charge >= 0.3 is 5.97 Å². The van der Waals surface area contributed by atoms with Crippen molar-refractivity contribution in [3.8, 4) is 0 Å². The number of hydrogen-bond acceptors (Lipinski definition) is 5. The number of benzene rings is 1. The summed E-state index contributed by atoms with van der Waals surface area (Å²) in [6.45, 7) is 0. The normalized spacial score (nSPS) is 13.7. The number of carbonyl (C=O) groups excluding carboxylic acids is 2. The molecule has 0 fully saturated rings. The Morgan fingerprint density at radius 2 is 1.94 bits per heavy atom. The lowest BCUT2D eigenvalue weighted by molar-refractivity contribution is -0.145. The molecule has 5 N–H and O–H groups in total. The van der Waals surface area contributed by atoms with Crippen molar-refractivity contribution in [3.63, 3.8) is 0 Å². The SMILES string of the molecule is Nc1ccccc1C(=O)CC(N)(C=O)C(=O)O. The molecule has 0 amide bonds. The first-order valence-electron chi connectivity index (χ1n) is 4.77. The topological polar surface area (TPSA) is 123 Å². The largest absolute Gasteiger partial charge is 0.480 e. The average molecular weight is 236 g/mol. The number of carboxylic acids is 1. The fraction of sp³-hybridized carbons (Fsp3) is 0.182. The molecular formula is C11H12N2O4. The minimum atomic E-state index is -2.21.